The van der Waals surface area contributed by atoms with E-state index in [9.17, 15) is 0 Å². The number of aliphatic imine (C=N–C) groups is 1. The minimum Gasteiger partial charge on any atom is -0.455 e. The summed E-state index contributed by atoms with van der Waals surface area (Å²) in [6.07, 6.45) is 0. The van der Waals surface area contributed by atoms with Crippen molar-refractivity contribution >= 4 is 23.2 Å². The van der Waals surface area contributed by atoms with E-state index in [2.05, 4.69) is 15.6 Å². The molecule has 1 heterocycles. The summed E-state index contributed by atoms with van der Waals surface area (Å²) >= 11 is 6.05. The molecule has 0 amide bonds. The van der Waals surface area contributed by atoms with Crippen LogP contribution in [0.25, 0.3) is 0 Å². The maximum atomic E-state index is 6.05. The van der Waals surface area contributed by atoms with Gasteiger partial charge in [-0.05, 0) is 30.3 Å². The summed E-state index contributed by atoms with van der Waals surface area (Å²) in [5, 5.41) is 7.00. The van der Waals surface area contributed by atoms with Gasteiger partial charge in [0.25, 0.3) is 0 Å². The molecule has 102 valence electrons. The summed E-state index contributed by atoms with van der Waals surface area (Å²) in [6, 6.07) is 15.1. The minimum atomic E-state index is 0.645. The van der Waals surface area contributed by atoms with Crippen molar-refractivity contribution in [2.75, 3.05) is 18.4 Å². The molecule has 0 saturated carbocycles. The van der Waals surface area contributed by atoms with Gasteiger partial charge in [-0.25, -0.2) is 0 Å². The lowest BCUT2D eigenvalue weighted by molar-refractivity contribution is 0.485. The number of hydrogen-bond donors (Lipinski definition) is 2. The Morgan fingerprint density at radius 2 is 2.00 bits per heavy atom. The van der Waals surface area contributed by atoms with Gasteiger partial charge < -0.3 is 15.4 Å². The fourth-order valence-electron chi connectivity index (χ4n) is 1.91. The summed E-state index contributed by atoms with van der Waals surface area (Å²) < 4.78 is 5.87. The highest BCUT2D eigenvalue weighted by Gasteiger charge is 2.10. The molecule has 3 rings (SSSR count). The first-order chi connectivity index (χ1) is 9.81. The van der Waals surface area contributed by atoms with Crippen LogP contribution in [0.15, 0.2) is 53.5 Å². The number of benzene rings is 2. The lowest BCUT2D eigenvalue weighted by Crippen LogP contribution is -2.26. The monoisotopic (exact) mass is 287 g/mol. The second-order valence-corrected chi connectivity index (χ2v) is 4.77. The van der Waals surface area contributed by atoms with Gasteiger partial charge in [0.2, 0.25) is 0 Å². The van der Waals surface area contributed by atoms with Gasteiger partial charge in [0, 0.05) is 11.6 Å². The van der Waals surface area contributed by atoms with Crippen molar-refractivity contribution in [1.29, 1.82) is 0 Å². The van der Waals surface area contributed by atoms with Gasteiger partial charge in [-0.15, -0.1) is 0 Å². The highest BCUT2D eigenvalue weighted by atomic mass is 35.5. The Balaban J connectivity index is 1.85. The molecule has 2 aromatic carbocycles. The van der Waals surface area contributed by atoms with Crippen LogP contribution in [0.3, 0.4) is 0 Å². The van der Waals surface area contributed by atoms with Gasteiger partial charge in [0.05, 0.1) is 12.2 Å². The topological polar surface area (TPSA) is 45.6 Å². The molecule has 0 fully saturated rings. The molecule has 0 bridgehead atoms. The quantitative estimate of drug-likeness (QED) is 0.908. The Morgan fingerprint density at radius 3 is 2.75 bits per heavy atom. The molecule has 0 saturated heterocycles. The number of nitrogens with one attached hydrogen (secondary N) is 2. The summed E-state index contributed by atoms with van der Waals surface area (Å²) in [7, 11) is 0. The van der Waals surface area contributed by atoms with Crippen LogP contribution in [0.2, 0.25) is 5.02 Å². The van der Waals surface area contributed by atoms with Crippen LogP contribution in [0.1, 0.15) is 0 Å². The smallest absolute Gasteiger partial charge is 0.196 e. The van der Waals surface area contributed by atoms with E-state index >= 15 is 0 Å². The third-order valence-electron chi connectivity index (χ3n) is 2.84. The van der Waals surface area contributed by atoms with Gasteiger partial charge in [-0.1, -0.05) is 29.8 Å². The third-order valence-corrected chi connectivity index (χ3v) is 3.07. The second-order valence-electron chi connectivity index (χ2n) is 4.34. The van der Waals surface area contributed by atoms with E-state index in [0.29, 0.717) is 10.8 Å². The molecule has 20 heavy (non-hydrogen) atoms. The van der Waals surface area contributed by atoms with E-state index in [1.807, 2.05) is 42.5 Å². The van der Waals surface area contributed by atoms with Crippen molar-refractivity contribution in [3.05, 3.63) is 53.6 Å². The molecule has 5 heteroatoms. The number of anilines is 1. The number of rotatable bonds is 3. The molecule has 0 aliphatic carbocycles. The fraction of sp³-hybridized carbons (Fsp3) is 0.133. The number of ether oxygens (including phenoxy) is 1. The maximum Gasteiger partial charge on any atom is 0.196 e. The van der Waals surface area contributed by atoms with Gasteiger partial charge in [0.1, 0.15) is 5.75 Å². The summed E-state index contributed by atoms with van der Waals surface area (Å²) in [5.74, 6) is 2.22. The predicted molar refractivity (Wildman–Crippen MR) is 81.9 cm³/mol. The number of guanidine groups is 1. The van der Waals surface area contributed by atoms with Crippen molar-refractivity contribution < 1.29 is 4.74 Å². The van der Waals surface area contributed by atoms with Crippen LogP contribution < -0.4 is 15.4 Å². The van der Waals surface area contributed by atoms with Gasteiger partial charge in [-0.2, -0.15) is 0 Å². The van der Waals surface area contributed by atoms with Crippen molar-refractivity contribution in [3.8, 4) is 11.5 Å². The Kier molecular flexibility index (Phi) is 3.74. The van der Waals surface area contributed by atoms with Crippen LogP contribution in [0.4, 0.5) is 5.69 Å². The van der Waals surface area contributed by atoms with Crippen molar-refractivity contribution in [1.82, 2.24) is 5.32 Å². The zero-order valence-corrected chi connectivity index (χ0v) is 11.5. The number of halogens is 1. The molecule has 0 aromatic heterocycles. The SMILES string of the molecule is Clc1ccc(Oc2ccccc2)c(NC2=NCCN2)c1. The van der Waals surface area contributed by atoms with Crippen LogP contribution in [0, 0.1) is 0 Å². The van der Waals surface area contributed by atoms with E-state index in [1.54, 1.807) is 6.07 Å². The molecule has 0 atom stereocenters. The van der Waals surface area contributed by atoms with E-state index in [1.165, 1.54) is 0 Å². The van der Waals surface area contributed by atoms with Gasteiger partial charge in [0.15, 0.2) is 11.7 Å². The molecule has 1 aliphatic rings. The highest BCUT2D eigenvalue weighted by molar-refractivity contribution is 6.31. The van der Waals surface area contributed by atoms with Crippen LogP contribution in [-0.2, 0) is 0 Å². The van der Waals surface area contributed by atoms with Crippen molar-refractivity contribution in [3.63, 3.8) is 0 Å². The van der Waals surface area contributed by atoms with Gasteiger partial charge >= 0.3 is 0 Å². The zero-order chi connectivity index (χ0) is 13.8. The second kappa shape index (κ2) is 5.84. The molecule has 4 nitrogen and oxygen atoms in total. The van der Waals surface area contributed by atoms with Crippen LogP contribution in [0.5, 0.6) is 11.5 Å². The standard InChI is InChI=1S/C15H14ClN3O/c16-11-6-7-14(20-12-4-2-1-3-5-12)13(10-11)19-15-17-8-9-18-15/h1-7,10H,8-9H2,(H2,17,18,19). The molecule has 0 unspecified atom stereocenters. The number of para-hydroxylation sites is 1. The van der Waals surface area contributed by atoms with Crippen LogP contribution >= 0.6 is 11.6 Å². The van der Waals surface area contributed by atoms with E-state index in [-0.39, 0.29) is 0 Å². The van der Waals surface area contributed by atoms with Crippen molar-refractivity contribution in [2.24, 2.45) is 4.99 Å². The van der Waals surface area contributed by atoms with E-state index < -0.39 is 0 Å². The molecule has 0 spiro atoms. The average molecular weight is 288 g/mol. The largest absolute Gasteiger partial charge is 0.455 e. The Hall–Kier alpha value is -2.20. The lowest BCUT2D eigenvalue weighted by atomic mass is 10.3. The van der Waals surface area contributed by atoms with E-state index in [4.69, 9.17) is 16.3 Å². The Bertz CT molecular complexity index is 628. The predicted octanol–water partition coefficient (Wildman–Crippen LogP) is 3.50. The summed E-state index contributed by atoms with van der Waals surface area (Å²) in [6.45, 7) is 1.62. The minimum absolute atomic E-state index is 0.645. The fourth-order valence-corrected chi connectivity index (χ4v) is 2.09. The summed E-state index contributed by atoms with van der Waals surface area (Å²) in [5.41, 5.74) is 0.787. The molecular weight excluding hydrogens is 274 g/mol. The Morgan fingerprint density at radius 1 is 1.15 bits per heavy atom. The first kappa shape index (κ1) is 12.8. The summed E-state index contributed by atoms with van der Waals surface area (Å²) in [4.78, 5) is 4.30. The third kappa shape index (κ3) is 3.03. The highest BCUT2D eigenvalue weighted by Crippen LogP contribution is 2.32. The molecule has 0 radical (unpaired) electrons. The first-order valence-electron chi connectivity index (χ1n) is 6.39. The van der Waals surface area contributed by atoms with Crippen LogP contribution in [-0.4, -0.2) is 19.0 Å². The normalized spacial score (nSPS) is 13.6. The maximum absolute atomic E-state index is 6.05. The average Bonchev–Trinajstić information content (AvgIpc) is 2.96. The number of hydrogen-bond acceptors (Lipinski definition) is 4. The Labute approximate surface area is 122 Å². The first-order valence-corrected chi connectivity index (χ1v) is 6.77. The number of nitrogens with zero attached hydrogens (tertiary/aromatic N) is 1. The van der Waals surface area contributed by atoms with Gasteiger partial charge in [-0.3, -0.25) is 4.99 Å². The molecule has 2 aromatic rings. The van der Waals surface area contributed by atoms with E-state index in [0.717, 1.165) is 30.5 Å². The van der Waals surface area contributed by atoms with Crippen molar-refractivity contribution in [2.45, 2.75) is 0 Å². The molecule has 2 N–H and O–H groups in total. The molecular formula is C15H14ClN3O. The lowest BCUT2D eigenvalue weighted by Gasteiger charge is -2.13. The molecule has 1 aliphatic heterocycles. The zero-order valence-electron chi connectivity index (χ0n) is 10.8.